The summed E-state index contributed by atoms with van der Waals surface area (Å²) in [5.74, 6) is 0.128. The SMILES string of the molecule is CC(NC(=O)CC1=CCCCC1)c1ccc(Br)cc1. The third kappa shape index (κ3) is 4.50. The standard InChI is InChI=1S/C16H20BrNO/c1-12(14-7-9-15(17)10-8-14)18-16(19)11-13-5-3-2-4-6-13/h5,7-10,12H,2-4,6,11H2,1H3,(H,18,19). The molecule has 0 bridgehead atoms. The molecule has 1 aliphatic carbocycles. The van der Waals surface area contributed by atoms with Crippen molar-refractivity contribution in [2.45, 2.75) is 45.1 Å². The smallest absolute Gasteiger partial charge is 0.224 e. The number of rotatable bonds is 4. The molecule has 0 spiro atoms. The van der Waals surface area contributed by atoms with Gasteiger partial charge in [0.2, 0.25) is 5.91 Å². The first kappa shape index (κ1) is 14.3. The van der Waals surface area contributed by atoms with E-state index < -0.39 is 0 Å². The highest BCUT2D eigenvalue weighted by Crippen LogP contribution is 2.21. The van der Waals surface area contributed by atoms with Gasteiger partial charge in [0.15, 0.2) is 0 Å². The van der Waals surface area contributed by atoms with Crippen molar-refractivity contribution in [3.05, 3.63) is 46.0 Å². The molecule has 1 N–H and O–H groups in total. The number of carbonyl (C=O) groups excluding carboxylic acids is 1. The van der Waals surface area contributed by atoms with Gasteiger partial charge in [-0.25, -0.2) is 0 Å². The second kappa shape index (κ2) is 6.90. The summed E-state index contributed by atoms with van der Waals surface area (Å²) in [6.45, 7) is 2.02. The molecule has 1 amide bonds. The van der Waals surface area contributed by atoms with E-state index in [-0.39, 0.29) is 11.9 Å². The summed E-state index contributed by atoms with van der Waals surface area (Å²) < 4.78 is 1.06. The van der Waals surface area contributed by atoms with E-state index in [1.807, 2.05) is 31.2 Å². The second-order valence-electron chi connectivity index (χ2n) is 5.13. The van der Waals surface area contributed by atoms with Gasteiger partial charge in [0, 0.05) is 10.9 Å². The lowest BCUT2D eigenvalue weighted by molar-refractivity contribution is -0.121. The molecule has 2 nitrogen and oxygen atoms in total. The van der Waals surface area contributed by atoms with Crippen LogP contribution < -0.4 is 5.32 Å². The van der Waals surface area contributed by atoms with Crippen LogP contribution in [0.4, 0.5) is 0 Å². The third-order valence-electron chi connectivity index (χ3n) is 3.52. The molecule has 0 radical (unpaired) electrons. The van der Waals surface area contributed by atoms with E-state index in [0.29, 0.717) is 6.42 Å². The number of amides is 1. The van der Waals surface area contributed by atoms with Crippen LogP contribution in [0.1, 0.15) is 50.6 Å². The Morgan fingerprint density at radius 1 is 1.32 bits per heavy atom. The molecule has 1 aromatic rings. The van der Waals surface area contributed by atoms with Crippen LogP contribution in [0.15, 0.2) is 40.4 Å². The molecule has 0 aliphatic heterocycles. The van der Waals surface area contributed by atoms with Crippen LogP contribution >= 0.6 is 15.9 Å². The van der Waals surface area contributed by atoms with Crippen molar-refractivity contribution >= 4 is 21.8 Å². The Morgan fingerprint density at radius 3 is 2.68 bits per heavy atom. The zero-order valence-corrected chi connectivity index (χ0v) is 12.9. The highest BCUT2D eigenvalue weighted by atomic mass is 79.9. The van der Waals surface area contributed by atoms with Gasteiger partial charge in [-0.1, -0.05) is 39.7 Å². The van der Waals surface area contributed by atoms with E-state index >= 15 is 0 Å². The van der Waals surface area contributed by atoms with Gasteiger partial charge in [0.05, 0.1) is 6.04 Å². The maximum Gasteiger partial charge on any atom is 0.224 e. The molecule has 1 atom stereocenters. The number of allylic oxidation sites excluding steroid dienone is 1. The lowest BCUT2D eigenvalue weighted by Crippen LogP contribution is -2.26. The fourth-order valence-corrected chi connectivity index (χ4v) is 2.66. The molecule has 0 heterocycles. The summed E-state index contributed by atoms with van der Waals surface area (Å²) in [5, 5.41) is 3.07. The Hall–Kier alpha value is -1.09. The van der Waals surface area contributed by atoms with Crippen molar-refractivity contribution in [1.29, 1.82) is 0 Å². The van der Waals surface area contributed by atoms with Crippen LogP contribution in [0.2, 0.25) is 0 Å². The number of hydrogen-bond acceptors (Lipinski definition) is 1. The molecule has 0 saturated carbocycles. The van der Waals surface area contributed by atoms with E-state index in [4.69, 9.17) is 0 Å². The first-order valence-corrected chi connectivity index (χ1v) is 7.67. The maximum absolute atomic E-state index is 12.0. The van der Waals surface area contributed by atoms with Crippen molar-refractivity contribution in [2.24, 2.45) is 0 Å². The van der Waals surface area contributed by atoms with Crippen LogP contribution in [-0.4, -0.2) is 5.91 Å². The van der Waals surface area contributed by atoms with E-state index in [2.05, 4.69) is 27.3 Å². The lowest BCUT2D eigenvalue weighted by Gasteiger charge is -2.17. The predicted octanol–water partition coefficient (Wildman–Crippen LogP) is 4.52. The van der Waals surface area contributed by atoms with Crippen LogP contribution in [0, 0.1) is 0 Å². The van der Waals surface area contributed by atoms with Crippen LogP contribution in [0.5, 0.6) is 0 Å². The largest absolute Gasteiger partial charge is 0.349 e. The molecule has 19 heavy (non-hydrogen) atoms. The molecular formula is C16H20BrNO. The Kier molecular flexibility index (Phi) is 5.20. The van der Waals surface area contributed by atoms with E-state index in [1.165, 1.54) is 18.4 Å². The van der Waals surface area contributed by atoms with Gasteiger partial charge >= 0.3 is 0 Å². The highest BCUT2D eigenvalue weighted by molar-refractivity contribution is 9.10. The van der Waals surface area contributed by atoms with E-state index in [9.17, 15) is 4.79 Å². The maximum atomic E-state index is 12.0. The molecule has 1 aromatic carbocycles. The van der Waals surface area contributed by atoms with Crippen LogP contribution in [0.3, 0.4) is 0 Å². The summed E-state index contributed by atoms with van der Waals surface area (Å²) in [4.78, 5) is 12.0. The van der Waals surface area contributed by atoms with E-state index in [1.54, 1.807) is 0 Å². The number of hydrogen-bond donors (Lipinski definition) is 1. The van der Waals surface area contributed by atoms with Crippen molar-refractivity contribution in [1.82, 2.24) is 5.32 Å². The summed E-state index contributed by atoms with van der Waals surface area (Å²) >= 11 is 3.42. The topological polar surface area (TPSA) is 29.1 Å². The van der Waals surface area contributed by atoms with Gasteiger partial charge in [-0.2, -0.15) is 0 Å². The Balaban J connectivity index is 1.87. The van der Waals surface area contributed by atoms with Crippen molar-refractivity contribution in [3.63, 3.8) is 0 Å². The minimum Gasteiger partial charge on any atom is -0.349 e. The van der Waals surface area contributed by atoms with Gasteiger partial charge in [0.25, 0.3) is 0 Å². The highest BCUT2D eigenvalue weighted by Gasteiger charge is 2.12. The van der Waals surface area contributed by atoms with Gasteiger partial charge in [0.1, 0.15) is 0 Å². The minimum atomic E-state index is 0.0600. The lowest BCUT2D eigenvalue weighted by atomic mass is 9.97. The number of benzene rings is 1. The third-order valence-corrected chi connectivity index (χ3v) is 4.05. The monoisotopic (exact) mass is 321 g/mol. The molecular weight excluding hydrogens is 302 g/mol. The molecule has 0 fully saturated rings. The average Bonchev–Trinajstić information content (AvgIpc) is 2.40. The Morgan fingerprint density at radius 2 is 2.05 bits per heavy atom. The molecule has 1 aliphatic rings. The van der Waals surface area contributed by atoms with Crippen LogP contribution in [-0.2, 0) is 4.79 Å². The van der Waals surface area contributed by atoms with Crippen molar-refractivity contribution < 1.29 is 4.79 Å². The van der Waals surface area contributed by atoms with Gasteiger partial charge in [-0.15, -0.1) is 0 Å². The minimum absolute atomic E-state index is 0.0600. The second-order valence-corrected chi connectivity index (χ2v) is 6.04. The van der Waals surface area contributed by atoms with Gasteiger partial charge < -0.3 is 5.32 Å². The first-order chi connectivity index (χ1) is 9.15. The normalized spacial score (nSPS) is 16.6. The zero-order chi connectivity index (χ0) is 13.7. The number of halogens is 1. The van der Waals surface area contributed by atoms with Crippen molar-refractivity contribution in [3.8, 4) is 0 Å². The zero-order valence-electron chi connectivity index (χ0n) is 11.3. The van der Waals surface area contributed by atoms with Crippen molar-refractivity contribution in [2.75, 3.05) is 0 Å². The summed E-state index contributed by atoms with van der Waals surface area (Å²) in [5.41, 5.74) is 2.43. The molecule has 0 saturated heterocycles. The summed E-state index contributed by atoms with van der Waals surface area (Å²) in [7, 11) is 0. The first-order valence-electron chi connectivity index (χ1n) is 6.88. The molecule has 0 aromatic heterocycles. The molecule has 1 unspecified atom stereocenters. The Bertz CT molecular complexity index is 464. The summed E-state index contributed by atoms with van der Waals surface area (Å²) in [6, 6.07) is 8.14. The Labute approximate surface area is 123 Å². The van der Waals surface area contributed by atoms with Gasteiger partial charge in [-0.3, -0.25) is 4.79 Å². The molecule has 2 rings (SSSR count). The molecule has 3 heteroatoms. The average molecular weight is 322 g/mol. The van der Waals surface area contributed by atoms with Crippen LogP contribution in [0.25, 0.3) is 0 Å². The quantitative estimate of drug-likeness (QED) is 0.812. The summed E-state index contributed by atoms with van der Waals surface area (Å²) in [6.07, 6.45) is 7.49. The number of nitrogens with one attached hydrogen (secondary N) is 1. The van der Waals surface area contributed by atoms with Gasteiger partial charge in [-0.05, 0) is 50.3 Å². The predicted molar refractivity (Wildman–Crippen MR) is 81.9 cm³/mol. The fraction of sp³-hybridized carbons (Fsp3) is 0.438. The number of carbonyl (C=O) groups is 1. The fourth-order valence-electron chi connectivity index (χ4n) is 2.40. The molecule has 102 valence electrons. The van der Waals surface area contributed by atoms with E-state index in [0.717, 1.165) is 22.9 Å².